The molecule has 2 rings (SSSR count). The van der Waals surface area contributed by atoms with E-state index in [1.54, 1.807) is 26.8 Å². The average molecular weight is 724 g/mol. The molecular weight excluding hydrogens is 658 g/mol. The van der Waals surface area contributed by atoms with Crippen molar-refractivity contribution in [2.75, 3.05) is 19.8 Å². The fraction of sp³-hybridized carbons (Fsp3) is 0.914. The summed E-state index contributed by atoms with van der Waals surface area (Å²) in [7, 11) is 0. The molecule has 0 bridgehead atoms. The first-order valence-electron chi connectivity index (χ1n) is 18.3. The van der Waals surface area contributed by atoms with E-state index < -0.39 is 105 Å². The van der Waals surface area contributed by atoms with Crippen LogP contribution in [-0.4, -0.2) is 146 Å². The van der Waals surface area contributed by atoms with E-state index in [2.05, 4.69) is 12.2 Å². The summed E-state index contributed by atoms with van der Waals surface area (Å²) in [6.07, 6.45) is -0.538. The van der Waals surface area contributed by atoms with E-state index in [1.807, 2.05) is 6.08 Å². The topological polar surface area (TPSA) is 237 Å². The van der Waals surface area contributed by atoms with Crippen LogP contribution in [0.4, 0.5) is 4.79 Å². The van der Waals surface area contributed by atoms with Gasteiger partial charge in [-0.1, -0.05) is 83.3 Å². The van der Waals surface area contributed by atoms with Gasteiger partial charge in [-0.05, 0) is 33.6 Å². The molecule has 0 aromatic carbocycles. The van der Waals surface area contributed by atoms with Crippen LogP contribution in [0.3, 0.4) is 0 Å². The summed E-state index contributed by atoms with van der Waals surface area (Å²) in [6.45, 7) is 5.44. The van der Waals surface area contributed by atoms with Crippen LogP contribution in [0.15, 0.2) is 12.2 Å². The van der Waals surface area contributed by atoms with Crippen LogP contribution in [0.25, 0.3) is 0 Å². The van der Waals surface area contributed by atoms with Crippen molar-refractivity contribution in [3.63, 3.8) is 0 Å². The smallest absolute Gasteiger partial charge is 0.408 e. The fourth-order valence-corrected chi connectivity index (χ4v) is 5.87. The first-order chi connectivity index (χ1) is 23.7. The molecule has 2 saturated heterocycles. The van der Waals surface area contributed by atoms with Crippen molar-refractivity contribution in [1.29, 1.82) is 0 Å². The Bertz CT molecular complexity index is 947. The predicted molar refractivity (Wildman–Crippen MR) is 182 cm³/mol. The van der Waals surface area contributed by atoms with Gasteiger partial charge in [-0.2, -0.15) is 0 Å². The highest BCUT2D eigenvalue weighted by molar-refractivity contribution is 5.68. The van der Waals surface area contributed by atoms with E-state index in [1.165, 1.54) is 51.4 Å². The number of nitrogens with one attached hydrogen (secondary N) is 1. The van der Waals surface area contributed by atoms with Crippen LogP contribution in [0.1, 0.15) is 105 Å². The number of carbonyl (C=O) groups is 1. The zero-order valence-electron chi connectivity index (χ0n) is 30.2. The normalized spacial score (nSPS) is 31.8. The molecule has 2 fully saturated rings. The van der Waals surface area contributed by atoms with Gasteiger partial charge in [-0.25, -0.2) is 4.79 Å². The molecular formula is C35H65NO14. The van der Waals surface area contributed by atoms with Gasteiger partial charge in [-0.15, -0.1) is 0 Å². The highest BCUT2D eigenvalue weighted by Crippen LogP contribution is 2.29. The minimum Gasteiger partial charge on any atom is -0.444 e. The first kappa shape index (κ1) is 44.7. The second kappa shape index (κ2) is 23.2. The molecule has 12 atom stereocenters. The maximum atomic E-state index is 12.6. The number of carbonyl (C=O) groups excluding carboxylic acids is 1. The second-order valence-electron chi connectivity index (χ2n) is 14.3. The number of alkyl carbamates (subject to hydrolysis) is 1. The highest BCUT2D eigenvalue weighted by Gasteiger charge is 2.51. The summed E-state index contributed by atoms with van der Waals surface area (Å²) in [6, 6.07) is -1.05. The van der Waals surface area contributed by atoms with Gasteiger partial charge in [0.05, 0.1) is 32.0 Å². The molecule has 0 saturated carbocycles. The average Bonchev–Trinajstić information content (AvgIpc) is 3.06. The van der Waals surface area contributed by atoms with Crippen LogP contribution in [0, 0.1) is 0 Å². The minimum absolute atomic E-state index is 0.395. The summed E-state index contributed by atoms with van der Waals surface area (Å²) in [5, 5.41) is 85.2. The van der Waals surface area contributed by atoms with Crippen LogP contribution in [0.2, 0.25) is 0 Å². The Morgan fingerprint density at radius 3 is 1.86 bits per heavy atom. The molecule has 15 nitrogen and oxygen atoms in total. The Morgan fingerprint density at radius 1 is 0.760 bits per heavy atom. The molecule has 50 heavy (non-hydrogen) atoms. The molecule has 2 aliphatic heterocycles. The maximum Gasteiger partial charge on any atom is 0.408 e. The number of hydrogen-bond acceptors (Lipinski definition) is 14. The molecule has 0 radical (unpaired) electrons. The van der Waals surface area contributed by atoms with E-state index in [0.29, 0.717) is 0 Å². The number of aliphatic hydroxyl groups excluding tert-OH is 8. The molecule has 9 N–H and O–H groups in total. The number of allylic oxidation sites excluding steroid dienone is 1. The van der Waals surface area contributed by atoms with Gasteiger partial charge < -0.3 is 69.9 Å². The van der Waals surface area contributed by atoms with Crippen molar-refractivity contribution in [2.24, 2.45) is 0 Å². The monoisotopic (exact) mass is 723 g/mol. The Morgan fingerprint density at radius 2 is 1.30 bits per heavy atom. The maximum absolute atomic E-state index is 12.6. The second-order valence-corrected chi connectivity index (χ2v) is 14.3. The summed E-state index contributed by atoms with van der Waals surface area (Å²) >= 11 is 0. The Kier molecular flexibility index (Phi) is 20.8. The number of aliphatic hydroxyl groups is 8. The molecule has 15 heteroatoms. The molecule has 0 spiro atoms. The summed E-state index contributed by atoms with van der Waals surface area (Å²) in [5.74, 6) is 0. The zero-order valence-corrected chi connectivity index (χ0v) is 30.2. The van der Waals surface area contributed by atoms with Crippen molar-refractivity contribution in [2.45, 2.75) is 184 Å². The van der Waals surface area contributed by atoms with Crippen molar-refractivity contribution in [3.8, 4) is 0 Å². The lowest BCUT2D eigenvalue weighted by atomic mass is 9.97. The van der Waals surface area contributed by atoms with Gasteiger partial charge in [0.1, 0.15) is 54.4 Å². The number of ether oxygens (including phenoxy) is 5. The largest absolute Gasteiger partial charge is 0.444 e. The van der Waals surface area contributed by atoms with E-state index >= 15 is 0 Å². The first-order valence-corrected chi connectivity index (χ1v) is 18.3. The minimum atomic E-state index is -1.80. The van der Waals surface area contributed by atoms with Gasteiger partial charge in [0.15, 0.2) is 12.6 Å². The molecule has 1 amide bonds. The van der Waals surface area contributed by atoms with Crippen LogP contribution < -0.4 is 5.32 Å². The Balaban J connectivity index is 1.94. The number of hydrogen-bond donors (Lipinski definition) is 9. The Hall–Kier alpha value is -1.47. The number of amides is 1. The molecule has 2 aliphatic rings. The predicted octanol–water partition coefficient (Wildman–Crippen LogP) is 1.14. The van der Waals surface area contributed by atoms with Crippen LogP contribution in [0.5, 0.6) is 0 Å². The quantitative estimate of drug-likeness (QED) is 0.0563. The standard InChI is InChI=1S/C35H65NO14/c1-5-6-7-8-9-10-11-12-13-14-15-16-17-18-23(39)22(36-34(45)50-35(2,3)4)21-46-32-30(44)28(42)31(25(20-38)48-32)49-33-29(43)27(41)26(40)24(19-37)47-33/h17-18,22-33,37-44H,5-16,19-21H2,1-4H3,(H,36,45)/b18-17+/t22-,23+,24+,25+,26-,27-,28+,29+,30+,31+,32+,33-/m0/s1. The van der Waals surface area contributed by atoms with Gasteiger partial charge in [0, 0.05) is 0 Å². The third-order valence-corrected chi connectivity index (χ3v) is 8.82. The lowest BCUT2D eigenvalue weighted by Crippen LogP contribution is -2.65. The van der Waals surface area contributed by atoms with E-state index in [0.717, 1.165) is 25.7 Å². The fourth-order valence-electron chi connectivity index (χ4n) is 5.87. The SMILES string of the molecule is CCCCCCCCCCCCC/C=C/[C@@H](O)[C@H](CO[C@@H]1O[C@H](CO)[C@@H](O[C@@H]2O[C@H](CO)[C@H](O)[C@H](O)[C@H]2O)[C@H](O)[C@H]1O)NC(=O)OC(C)(C)C. The molecule has 0 aliphatic carbocycles. The van der Waals surface area contributed by atoms with E-state index in [9.17, 15) is 45.6 Å². The van der Waals surface area contributed by atoms with Crippen LogP contribution in [-0.2, 0) is 23.7 Å². The van der Waals surface area contributed by atoms with Crippen LogP contribution >= 0.6 is 0 Å². The van der Waals surface area contributed by atoms with E-state index in [-0.39, 0.29) is 0 Å². The number of unbranched alkanes of at least 4 members (excludes halogenated alkanes) is 11. The van der Waals surface area contributed by atoms with Gasteiger partial charge in [0.2, 0.25) is 0 Å². The third kappa shape index (κ3) is 15.2. The van der Waals surface area contributed by atoms with Crippen molar-refractivity contribution in [3.05, 3.63) is 12.2 Å². The van der Waals surface area contributed by atoms with Crippen molar-refractivity contribution < 1.29 is 69.3 Å². The third-order valence-electron chi connectivity index (χ3n) is 8.82. The highest BCUT2D eigenvalue weighted by atomic mass is 16.7. The van der Waals surface area contributed by atoms with Gasteiger partial charge >= 0.3 is 6.09 Å². The summed E-state index contributed by atoms with van der Waals surface area (Å²) in [5.41, 5.74) is -0.817. The van der Waals surface area contributed by atoms with Gasteiger partial charge in [0.25, 0.3) is 0 Å². The number of rotatable bonds is 22. The molecule has 0 aromatic heterocycles. The molecule has 0 aromatic rings. The lowest BCUT2D eigenvalue weighted by molar-refractivity contribution is -0.359. The van der Waals surface area contributed by atoms with Crippen molar-refractivity contribution in [1.82, 2.24) is 5.32 Å². The summed E-state index contributed by atoms with van der Waals surface area (Å²) in [4.78, 5) is 12.6. The lowest BCUT2D eigenvalue weighted by Gasteiger charge is -2.46. The molecule has 294 valence electrons. The summed E-state index contributed by atoms with van der Waals surface area (Å²) < 4.78 is 27.6. The molecule has 2 heterocycles. The van der Waals surface area contributed by atoms with Crippen molar-refractivity contribution >= 4 is 6.09 Å². The van der Waals surface area contributed by atoms with Gasteiger partial charge in [-0.3, -0.25) is 0 Å². The Labute approximate surface area is 296 Å². The molecule has 0 unspecified atom stereocenters. The zero-order chi connectivity index (χ0) is 37.3. The van der Waals surface area contributed by atoms with E-state index in [4.69, 9.17) is 23.7 Å².